The number of likely N-dealkylation sites (tertiary alicyclic amines) is 1. The summed E-state index contributed by atoms with van der Waals surface area (Å²) < 4.78 is 6.04. The molecule has 1 saturated heterocycles. The van der Waals surface area contributed by atoms with E-state index in [-0.39, 0.29) is 0 Å². The van der Waals surface area contributed by atoms with Crippen LogP contribution in [0.2, 0.25) is 10.0 Å². The molecule has 0 saturated carbocycles. The molecule has 0 aromatic heterocycles. The molecule has 0 radical (unpaired) electrons. The van der Waals surface area contributed by atoms with Crippen LogP contribution in [0.1, 0.15) is 30.9 Å². The maximum Gasteiger partial charge on any atom is 0.130 e. The number of halogens is 2. The van der Waals surface area contributed by atoms with Crippen molar-refractivity contribution < 1.29 is 4.74 Å². The summed E-state index contributed by atoms with van der Waals surface area (Å²) in [6.45, 7) is 4.70. The summed E-state index contributed by atoms with van der Waals surface area (Å²) in [7, 11) is 0. The lowest BCUT2D eigenvalue weighted by Gasteiger charge is -2.32. The van der Waals surface area contributed by atoms with Gasteiger partial charge in [0.25, 0.3) is 0 Å². The second kappa shape index (κ2) is 8.39. The number of nitrogens with zero attached hydrogens (tertiary/aromatic N) is 1. The third-order valence-electron chi connectivity index (χ3n) is 4.59. The lowest BCUT2D eigenvalue weighted by Crippen LogP contribution is -2.37. The van der Waals surface area contributed by atoms with Crippen LogP contribution in [0.4, 0.5) is 0 Å². The smallest absolute Gasteiger partial charge is 0.130 e. The van der Waals surface area contributed by atoms with Gasteiger partial charge in [0, 0.05) is 28.7 Å². The topological polar surface area (TPSA) is 12.5 Å². The standard InChI is InChI=1S/C20H21Cl2NOS/c1-14-8-10-23(11-9-14)20(25)17-4-2-3-5-19(17)24-13-15-6-7-16(21)12-18(15)22/h2-7,12,14H,8-11,13H2,1H3. The number of hydrogen-bond acceptors (Lipinski definition) is 2. The Morgan fingerprint density at radius 1 is 1.16 bits per heavy atom. The Morgan fingerprint density at radius 3 is 2.60 bits per heavy atom. The normalized spacial score (nSPS) is 15.2. The monoisotopic (exact) mass is 393 g/mol. The minimum Gasteiger partial charge on any atom is -0.488 e. The molecule has 0 N–H and O–H groups in total. The van der Waals surface area contributed by atoms with Gasteiger partial charge in [-0.25, -0.2) is 0 Å². The van der Waals surface area contributed by atoms with E-state index in [2.05, 4.69) is 11.8 Å². The zero-order valence-electron chi connectivity index (χ0n) is 14.2. The first-order valence-corrected chi connectivity index (χ1v) is 9.66. The van der Waals surface area contributed by atoms with Crippen LogP contribution < -0.4 is 4.74 Å². The molecule has 0 bridgehead atoms. The Labute approximate surface area is 164 Å². The highest BCUT2D eigenvalue weighted by Gasteiger charge is 2.21. The molecule has 25 heavy (non-hydrogen) atoms. The second-order valence-corrected chi connectivity index (χ2v) is 7.73. The number of benzene rings is 2. The first-order chi connectivity index (χ1) is 12.0. The van der Waals surface area contributed by atoms with E-state index in [1.165, 1.54) is 12.8 Å². The average Bonchev–Trinajstić information content (AvgIpc) is 2.61. The fourth-order valence-corrected chi connectivity index (χ4v) is 3.76. The maximum atomic E-state index is 6.24. The Hall–Kier alpha value is -1.29. The van der Waals surface area contributed by atoms with Crippen molar-refractivity contribution in [2.45, 2.75) is 26.4 Å². The summed E-state index contributed by atoms with van der Waals surface area (Å²) in [5.41, 5.74) is 1.87. The van der Waals surface area contributed by atoms with Crippen LogP contribution in [-0.4, -0.2) is 23.0 Å². The Morgan fingerprint density at radius 2 is 1.88 bits per heavy atom. The van der Waals surface area contributed by atoms with Gasteiger partial charge in [-0.05, 0) is 43.0 Å². The van der Waals surface area contributed by atoms with Gasteiger partial charge in [-0.1, -0.05) is 60.5 Å². The lowest BCUT2D eigenvalue weighted by molar-refractivity contribution is 0.281. The molecule has 2 nitrogen and oxygen atoms in total. The van der Waals surface area contributed by atoms with Crippen molar-refractivity contribution in [2.75, 3.05) is 13.1 Å². The third kappa shape index (κ3) is 4.66. The van der Waals surface area contributed by atoms with E-state index in [4.69, 9.17) is 40.2 Å². The predicted molar refractivity (Wildman–Crippen MR) is 109 cm³/mol. The Kier molecular flexibility index (Phi) is 6.21. The van der Waals surface area contributed by atoms with Gasteiger partial charge in [-0.2, -0.15) is 0 Å². The van der Waals surface area contributed by atoms with Gasteiger partial charge in [0.05, 0.1) is 5.56 Å². The second-order valence-electron chi connectivity index (χ2n) is 6.50. The third-order valence-corrected chi connectivity index (χ3v) is 5.65. The molecule has 1 aliphatic heterocycles. The largest absolute Gasteiger partial charge is 0.488 e. The molecule has 1 fully saturated rings. The molecule has 0 aliphatic carbocycles. The van der Waals surface area contributed by atoms with E-state index in [1.807, 2.05) is 36.4 Å². The molecule has 0 atom stereocenters. The molecule has 5 heteroatoms. The quantitative estimate of drug-likeness (QED) is 0.592. The van der Waals surface area contributed by atoms with Crippen molar-refractivity contribution in [3.05, 3.63) is 63.6 Å². The van der Waals surface area contributed by atoms with Crippen LogP contribution >= 0.6 is 35.4 Å². The number of hydrogen-bond donors (Lipinski definition) is 0. The fraction of sp³-hybridized carbons (Fsp3) is 0.350. The SMILES string of the molecule is CC1CCN(C(=S)c2ccccc2OCc2ccc(Cl)cc2Cl)CC1. The Balaban J connectivity index is 1.73. The van der Waals surface area contributed by atoms with Crippen LogP contribution in [0.5, 0.6) is 5.75 Å². The van der Waals surface area contributed by atoms with Crippen molar-refractivity contribution >= 4 is 40.4 Å². The average molecular weight is 394 g/mol. The highest BCUT2D eigenvalue weighted by molar-refractivity contribution is 7.80. The van der Waals surface area contributed by atoms with Crippen molar-refractivity contribution in [3.8, 4) is 5.75 Å². The van der Waals surface area contributed by atoms with Gasteiger partial charge in [0.15, 0.2) is 0 Å². The summed E-state index contributed by atoms with van der Waals surface area (Å²) in [5.74, 6) is 1.56. The van der Waals surface area contributed by atoms with Gasteiger partial charge < -0.3 is 9.64 Å². The first kappa shape index (κ1) is 18.5. The zero-order chi connectivity index (χ0) is 17.8. The summed E-state index contributed by atoms with van der Waals surface area (Å²) in [5, 5.41) is 1.23. The van der Waals surface area contributed by atoms with Crippen molar-refractivity contribution in [1.82, 2.24) is 4.90 Å². The highest BCUT2D eigenvalue weighted by Crippen LogP contribution is 2.27. The van der Waals surface area contributed by atoms with Crippen molar-refractivity contribution in [1.29, 1.82) is 0 Å². The van der Waals surface area contributed by atoms with E-state index in [1.54, 1.807) is 6.07 Å². The summed E-state index contributed by atoms with van der Waals surface area (Å²) in [6, 6.07) is 13.4. The highest BCUT2D eigenvalue weighted by atomic mass is 35.5. The minimum atomic E-state index is 0.382. The molecule has 3 rings (SSSR count). The number of piperidine rings is 1. The van der Waals surface area contributed by atoms with E-state index >= 15 is 0 Å². The van der Waals surface area contributed by atoms with Crippen LogP contribution in [0, 0.1) is 5.92 Å². The summed E-state index contributed by atoms with van der Waals surface area (Å²) in [4.78, 5) is 3.15. The zero-order valence-corrected chi connectivity index (χ0v) is 16.5. The predicted octanol–water partition coefficient (Wildman–Crippen LogP) is 5.98. The van der Waals surface area contributed by atoms with E-state index < -0.39 is 0 Å². The number of ether oxygens (including phenoxy) is 1. The first-order valence-electron chi connectivity index (χ1n) is 8.49. The van der Waals surface area contributed by atoms with Crippen LogP contribution in [-0.2, 0) is 6.61 Å². The molecule has 0 spiro atoms. The van der Waals surface area contributed by atoms with E-state index in [9.17, 15) is 0 Å². The summed E-state index contributed by atoms with van der Waals surface area (Å²) in [6.07, 6.45) is 2.37. The van der Waals surface area contributed by atoms with Gasteiger partial charge in [0.1, 0.15) is 17.3 Å². The van der Waals surface area contributed by atoms with Crippen molar-refractivity contribution in [3.63, 3.8) is 0 Å². The molecule has 132 valence electrons. The Bertz CT molecular complexity index is 757. The van der Waals surface area contributed by atoms with Crippen LogP contribution in [0.15, 0.2) is 42.5 Å². The fourth-order valence-electron chi connectivity index (χ4n) is 2.95. The van der Waals surface area contributed by atoms with Gasteiger partial charge in [-0.3, -0.25) is 0 Å². The molecule has 0 unspecified atom stereocenters. The minimum absolute atomic E-state index is 0.382. The molecule has 2 aromatic carbocycles. The van der Waals surface area contributed by atoms with Gasteiger partial charge >= 0.3 is 0 Å². The molecular weight excluding hydrogens is 373 g/mol. The molecule has 1 heterocycles. The van der Waals surface area contributed by atoms with Crippen LogP contribution in [0.3, 0.4) is 0 Å². The van der Waals surface area contributed by atoms with Gasteiger partial charge in [-0.15, -0.1) is 0 Å². The van der Waals surface area contributed by atoms with E-state index in [0.717, 1.165) is 40.9 Å². The maximum absolute atomic E-state index is 6.24. The number of rotatable bonds is 4. The van der Waals surface area contributed by atoms with Crippen LogP contribution in [0.25, 0.3) is 0 Å². The number of thiocarbonyl (C=S) groups is 1. The summed E-state index contributed by atoms with van der Waals surface area (Å²) >= 11 is 17.9. The number of para-hydroxylation sites is 1. The van der Waals surface area contributed by atoms with Crippen molar-refractivity contribution in [2.24, 2.45) is 5.92 Å². The molecular formula is C20H21Cl2NOS. The van der Waals surface area contributed by atoms with E-state index in [0.29, 0.717) is 16.7 Å². The molecule has 2 aromatic rings. The van der Waals surface area contributed by atoms with Gasteiger partial charge in [0.2, 0.25) is 0 Å². The molecule has 0 amide bonds. The lowest BCUT2D eigenvalue weighted by atomic mass is 9.99. The molecule has 1 aliphatic rings.